The Hall–Kier alpha value is -2.59. The van der Waals surface area contributed by atoms with Crippen molar-refractivity contribution >= 4 is 43.5 Å². The van der Waals surface area contributed by atoms with Gasteiger partial charge >= 0.3 is 0 Å². The number of hydrogen-bond acceptors (Lipinski definition) is 5. The Kier molecular flexibility index (Phi) is 9.78. The summed E-state index contributed by atoms with van der Waals surface area (Å²) < 4.78 is 32.2. The number of hydrogen-bond donors (Lipinski definition) is 1. The lowest BCUT2D eigenvalue weighted by Gasteiger charge is -2.33. The van der Waals surface area contributed by atoms with Gasteiger partial charge in [0.25, 0.3) is 0 Å². The summed E-state index contributed by atoms with van der Waals surface area (Å²) in [6.07, 6.45) is 6.23. The first-order valence-electron chi connectivity index (χ1n) is 12.0. The summed E-state index contributed by atoms with van der Waals surface area (Å²) in [6.45, 7) is 1.40. The molecule has 0 aromatic heterocycles. The van der Waals surface area contributed by atoms with Gasteiger partial charge in [0.15, 0.2) is 0 Å². The van der Waals surface area contributed by atoms with Crippen LogP contribution in [0, 0.1) is 0 Å². The number of nitrogens with zero attached hydrogens (tertiary/aromatic N) is 2. The van der Waals surface area contributed by atoms with Crippen LogP contribution in [0.2, 0.25) is 0 Å². The molecular formula is C26H34BrN3O5S. The largest absolute Gasteiger partial charge is 0.497 e. The molecule has 2 aromatic carbocycles. The van der Waals surface area contributed by atoms with Gasteiger partial charge in [-0.05, 0) is 65.5 Å². The van der Waals surface area contributed by atoms with Crippen LogP contribution < -0.4 is 14.4 Å². The van der Waals surface area contributed by atoms with Gasteiger partial charge in [0.05, 0.1) is 19.1 Å². The second kappa shape index (κ2) is 12.6. The topological polar surface area (TPSA) is 96.0 Å². The molecule has 1 unspecified atom stereocenters. The van der Waals surface area contributed by atoms with E-state index in [4.69, 9.17) is 4.74 Å². The highest BCUT2D eigenvalue weighted by atomic mass is 79.9. The Balaban J connectivity index is 1.87. The predicted molar refractivity (Wildman–Crippen MR) is 144 cm³/mol. The zero-order valence-electron chi connectivity index (χ0n) is 20.9. The maximum atomic E-state index is 13.7. The molecule has 3 rings (SSSR count). The highest BCUT2D eigenvalue weighted by Crippen LogP contribution is 2.28. The molecule has 0 radical (unpaired) electrons. The van der Waals surface area contributed by atoms with E-state index in [0.717, 1.165) is 41.8 Å². The van der Waals surface area contributed by atoms with Gasteiger partial charge in [0, 0.05) is 17.1 Å². The van der Waals surface area contributed by atoms with Crippen molar-refractivity contribution in [2.24, 2.45) is 0 Å². The van der Waals surface area contributed by atoms with Crippen LogP contribution in [0.4, 0.5) is 5.69 Å². The van der Waals surface area contributed by atoms with Crippen LogP contribution in [0.25, 0.3) is 0 Å². The second-order valence-corrected chi connectivity index (χ2v) is 11.9. The van der Waals surface area contributed by atoms with Crippen LogP contribution in [-0.4, -0.2) is 57.1 Å². The fraction of sp³-hybridized carbons (Fsp3) is 0.462. The van der Waals surface area contributed by atoms with E-state index in [1.54, 1.807) is 50.4 Å². The number of anilines is 1. The first-order valence-corrected chi connectivity index (χ1v) is 14.7. The molecule has 8 nitrogen and oxygen atoms in total. The molecule has 0 bridgehead atoms. The molecule has 2 amide bonds. The number of amides is 2. The maximum Gasteiger partial charge on any atom is 0.244 e. The fourth-order valence-electron chi connectivity index (χ4n) is 4.33. The quantitative estimate of drug-likeness (QED) is 0.457. The van der Waals surface area contributed by atoms with E-state index < -0.39 is 28.5 Å². The smallest absolute Gasteiger partial charge is 0.244 e. The molecule has 1 aliphatic rings. The molecule has 1 fully saturated rings. The number of rotatable bonds is 10. The summed E-state index contributed by atoms with van der Waals surface area (Å²) in [4.78, 5) is 28.3. The molecular weight excluding hydrogens is 546 g/mol. The number of carbonyl (C=O) groups is 2. The van der Waals surface area contributed by atoms with Crippen LogP contribution in [0.1, 0.15) is 44.6 Å². The number of ether oxygens (including phenoxy) is 1. The Morgan fingerprint density at radius 1 is 1.08 bits per heavy atom. The van der Waals surface area contributed by atoms with Gasteiger partial charge < -0.3 is 15.0 Å². The maximum absolute atomic E-state index is 13.7. The Bertz CT molecular complexity index is 1150. The number of para-hydroxylation sites is 1. The van der Waals surface area contributed by atoms with Crippen molar-refractivity contribution in [2.75, 3.05) is 24.2 Å². The molecule has 36 heavy (non-hydrogen) atoms. The molecule has 1 atom stereocenters. The van der Waals surface area contributed by atoms with Crippen molar-refractivity contribution < 1.29 is 22.7 Å². The lowest BCUT2D eigenvalue weighted by molar-refractivity contribution is -0.139. The number of benzene rings is 2. The zero-order chi connectivity index (χ0) is 26.3. The summed E-state index contributed by atoms with van der Waals surface area (Å²) in [6, 6.07) is 13.4. The van der Waals surface area contributed by atoms with Gasteiger partial charge in [-0.2, -0.15) is 0 Å². The van der Waals surface area contributed by atoms with Gasteiger partial charge in [0.2, 0.25) is 21.8 Å². The minimum absolute atomic E-state index is 0.0967. The SMILES string of the molecule is COc1ccc(CN(C(=O)CN(c2ccccc2Br)S(C)(=O)=O)C(C)C(=O)NC2CCCCC2)cc1. The van der Waals surface area contributed by atoms with Crippen molar-refractivity contribution in [1.82, 2.24) is 10.2 Å². The summed E-state index contributed by atoms with van der Waals surface area (Å²) in [7, 11) is -2.21. The van der Waals surface area contributed by atoms with E-state index in [9.17, 15) is 18.0 Å². The Morgan fingerprint density at radius 3 is 2.31 bits per heavy atom. The molecule has 1 N–H and O–H groups in total. The van der Waals surface area contributed by atoms with E-state index in [-0.39, 0.29) is 18.5 Å². The van der Waals surface area contributed by atoms with Gasteiger partial charge in [0.1, 0.15) is 18.3 Å². The number of nitrogens with one attached hydrogen (secondary N) is 1. The van der Waals surface area contributed by atoms with E-state index >= 15 is 0 Å². The van der Waals surface area contributed by atoms with Crippen LogP contribution >= 0.6 is 15.9 Å². The molecule has 10 heteroatoms. The van der Waals surface area contributed by atoms with Crippen molar-refractivity contribution in [3.63, 3.8) is 0 Å². The van der Waals surface area contributed by atoms with E-state index in [2.05, 4.69) is 21.2 Å². The van der Waals surface area contributed by atoms with Gasteiger partial charge in [-0.25, -0.2) is 8.42 Å². The van der Waals surface area contributed by atoms with Crippen LogP contribution in [-0.2, 0) is 26.2 Å². The van der Waals surface area contributed by atoms with Crippen molar-refractivity contribution in [3.05, 3.63) is 58.6 Å². The first-order chi connectivity index (χ1) is 17.1. The minimum Gasteiger partial charge on any atom is -0.497 e. The molecule has 0 aliphatic heterocycles. The average molecular weight is 581 g/mol. The summed E-state index contributed by atoms with van der Waals surface area (Å²) >= 11 is 3.38. The summed E-state index contributed by atoms with van der Waals surface area (Å²) in [5, 5.41) is 3.09. The molecule has 2 aromatic rings. The van der Waals surface area contributed by atoms with Gasteiger partial charge in [-0.3, -0.25) is 13.9 Å². The zero-order valence-corrected chi connectivity index (χ0v) is 23.3. The predicted octanol–water partition coefficient (Wildman–Crippen LogP) is 4.09. The monoisotopic (exact) mass is 579 g/mol. The van der Waals surface area contributed by atoms with E-state index in [1.807, 2.05) is 12.1 Å². The highest BCUT2D eigenvalue weighted by Gasteiger charge is 2.31. The molecule has 0 heterocycles. The molecule has 196 valence electrons. The Labute approximate surface area is 222 Å². The third-order valence-corrected chi connectivity index (χ3v) is 8.23. The molecule has 0 spiro atoms. The third-order valence-electron chi connectivity index (χ3n) is 6.43. The summed E-state index contributed by atoms with van der Waals surface area (Å²) in [5.74, 6) is -0.0363. The van der Waals surface area contributed by atoms with Gasteiger partial charge in [-0.15, -0.1) is 0 Å². The van der Waals surface area contributed by atoms with Crippen LogP contribution in [0.5, 0.6) is 5.75 Å². The van der Waals surface area contributed by atoms with Crippen LogP contribution in [0.3, 0.4) is 0 Å². The minimum atomic E-state index is -3.78. The molecule has 0 saturated heterocycles. The third kappa shape index (κ3) is 7.46. The number of carbonyl (C=O) groups excluding carboxylic acids is 2. The number of sulfonamides is 1. The average Bonchev–Trinajstić information content (AvgIpc) is 2.86. The first kappa shape index (κ1) is 28.0. The number of methoxy groups -OCH3 is 1. The van der Waals surface area contributed by atoms with Gasteiger partial charge in [-0.1, -0.05) is 43.5 Å². The lowest BCUT2D eigenvalue weighted by atomic mass is 9.95. The van der Waals surface area contributed by atoms with E-state index in [1.165, 1.54) is 11.3 Å². The van der Waals surface area contributed by atoms with E-state index in [0.29, 0.717) is 15.9 Å². The summed E-state index contributed by atoms with van der Waals surface area (Å²) in [5.41, 5.74) is 1.16. The molecule has 1 saturated carbocycles. The van der Waals surface area contributed by atoms with Crippen molar-refractivity contribution in [3.8, 4) is 5.75 Å². The lowest BCUT2D eigenvalue weighted by Crippen LogP contribution is -2.53. The van der Waals surface area contributed by atoms with Crippen LogP contribution in [0.15, 0.2) is 53.0 Å². The van der Waals surface area contributed by atoms with Crippen molar-refractivity contribution in [1.29, 1.82) is 0 Å². The number of halogens is 1. The Morgan fingerprint density at radius 2 is 1.72 bits per heavy atom. The standard InChI is InChI=1S/C26H34BrN3O5S/c1-19(26(32)28-21-9-5-4-6-10-21)29(17-20-13-15-22(35-2)16-14-20)25(31)18-30(36(3,33)34)24-12-8-7-11-23(24)27/h7-8,11-16,19,21H,4-6,9-10,17-18H2,1-3H3,(H,28,32). The fourth-order valence-corrected chi connectivity index (χ4v) is 5.81. The normalized spacial score (nSPS) is 15.1. The molecule has 1 aliphatic carbocycles. The highest BCUT2D eigenvalue weighted by molar-refractivity contribution is 9.10. The second-order valence-electron chi connectivity index (χ2n) is 9.11. The van der Waals surface area contributed by atoms with Crippen molar-refractivity contribution in [2.45, 2.75) is 57.7 Å².